The van der Waals surface area contributed by atoms with E-state index >= 15 is 0 Å². The van der Waals surface area contributed by atoms with E-state index in [9.17, 15) is 5.26 Å². The van der Waals surface area contributed by atoms with Crippen LogP contribution >= 0.6 is 0 Å². The molecule has 1 heterocycles. The molecule has 22 heavy (non-hydrogen) atoms. The lowest BCUT2D eigenvalue weighted by molar-refractivity contribution is 1.11. The van der Waals surface area contributed by atoms with Gasteiger partial charge in [-0.2, -0.15) is 5.26 Å². The number of nitrogens with zero attached hydrogens (tertiary/aromatic N) is 2. The summed E-state index contributed by atoms with van der Waals surface area (Å²) in [6.07, 6.45) is 1.80. The normalized spacial score (nSPS) is 9.95. The van der Waals surface area contributed by atoms with E-state index in [1.165, 1.54) is 0 Å². The highest BCUT2D eigenvalue weighted by Gasteiger charge is 2.06. The lowest BCUT2D eigenvalue weighted by atomic mass is 10.1. The van der Waals surface area contributed by atoms with Gasteiger partial charge in [-0.15, -0.1) is 0 Å². The minimum Gasteiger partial charge on any atom is -0.365 e. The Bertz CT molecular complexity index is 790. The number of hydrogen-bond acceptors (Lipinski definition) is 3. The van der Waals surface area contributed by atoms with Crippen molar-refractivity contribution in [3.8, 4) is 17.2 Å². The van der Waals surface area contributed by atoms with Gasteiger partial charge in [-0.25, -0.2) is 4.98 Å². The Morgan fingerprint density at radius 2 is 1.59 bits per heavy atom. The second kappa shape index (κ2) is 6.55. The fourth-order valence-corrected chi connectivity index (χ4v) is 2.26. The Labute approximate surface area is 129 Å². The summed E-state index contributed by atoms with van der Waals surface area (Å²) < 4.78 is 0. The quantitative estimate of drug-likeness (QED) is 0.780. The molecule has 0 aliphatic rings. The molecule has 3 heteroatoms. The van der Waals surface area contributed by atoms with Crippen LogP contribution in [0.15, 0.2) is 72.9 Å². The van der Waals surface area contributed by atoms with Crippen LogP contribution in [0.5, 0.6) is 0 Å². The van der Waals surface area contributed by atoms with E-state index in [2.05, 4.69) is 16.4 Å². The fourth-order valence-electron chi connectivity index (χ4n) is 2.26. The number of anilines is 1. The van der Waals surface area contributed by atoms with E-state index in [0.29, 0.717) is 17.9 Å². The van der Waals surface area contributed by atoms with E-state index in [4.69, 9.17) is 0 Å². The summed E-state index contributed by atoms with van der Waals surface area (Å²) in [5.41, 5.74) is 3.71. The van der Waals surface area contributed by atoms with Crippen LogP contribution in [0.25, 0.3) is 11.1 Å². The minimum absolute atomic E-state index is 0.553. The molecule has 0 amide bonds. The summed E-state index contributed by atoms with van der Waals surface area (Å²) in [6.45, 7) is 0.646. The van der Waals surface area contributed by atoms with Crippen molar-refractivity contribution in [2.24, 2.45) is 0 Å². The van der Waals surface area contributed by atoms with Crippen molar-refractivity contribution in [1.82, 2.24) is 4.98 Å². The van der Waals surface area contributed by atoms with Gasteiger partial charge in [0.05, 0.1) is 5.56 Å². The number of nitriles is 1. The molecule has 2 aromatic carbocycles. The number of hydrogen-bond donors (Lipinski definition) is 1. The third kappa shape index (κ3) is 3.13. The van der Waals surface area contributed by atoms with Gasteiger partial charge in [-0.3, -0.25) is 0 Å². The molecule has 0 saturated carbocycles. The molecule has 0 fully saturated rings. The number of rotatable bonds is 4. The Kier molecular flexibility index (Phi) is 4.12. The second-order valence-electron chi connectivity index (χ2n) is 4.94. The third-order valence-corrected chi connectivity index (χ3v) is 3.42. The van der Waals surface area contributed by atoms with Crippen molar-refractivity contribution in [2.75, 3.05) is 5.32 Å². The molecule has 0 atom stereocenters. The Balaban J connectivity index is 1.83. The highest BCUT2D eigenvalue weighted by Crippen LogP contribution is 2.22. The highest BCUT2D eigenvalue weighted by atomic mass is 15.0. The lowest BCUT2D eigenvalue weighted by Gasteiger charge is -2.09. The molecule has 1 N–H and O–H groups in total. The topological polar surface area (TPSA) is 48.7 Å². The summed E-state index contributed by atoms with van der Waals surface area (Å²) in [6, 6.07) is 24.1. The first-order valence-corrected chi connectivity index (χ1v) is 7.10. The standard InChI is InChI=1S/C19H15N3/c20-12-17-11-18(16-9-5-2-6-10-16)14-22-19(17)21-13-15-7-3-1-4-8-15/h1-11,14H,13H2,(H,21,22). The van der Waals surface area contributed by atoms with Gasteiger partial charge in [0.1, 0.15) is 11.9 Å². The summed E-state index contributed by atoms with van der Waals surface area (Å²) >= 11 is 0. The predicted octanol–water partition coefficient (Wildman–Crippen LogP) is 4.23. The zero-order valence-corrected chi connectivity index (χ0v) is 12.0. The number of nitrogens with one attached hydrogen (secondary N) is 1. The average Bonchev–Trinajstić information content (AvgIpc) is 2.61. The van der Waals surface area contributed by atoms with Crippen molar-refractivity contribution >= 4 is 5.82 Å². The maximum absolute atomic E-state index is 9.36. The van der Waals surface area contributed by atoms with Crippen molar-refractivity contribution in [1.29, 1.82) is 5.26 Å². The van der Waals surface area contributed by atoms with Crippen LogP contribution in [-0.2, 0) is 6.54 Å². The first-order valence-electron chi connectivity index (χ1n) is 7.10. The zero-order chi connectivity index (χ0) is 15.2. The summed E-state index contributed by atoms with van der Waals surface area (Å²) in [5, 5.41) is 12.6. The first-order chi connectivity index (χ1) is 10.9. The molecule has 0 aliphatic heterocycles. The molecule has 3 nitrogen and oxygen atoms in total. The molecule has 0 spiro atoms. The smallest absolute Gasteiger partial charge is 0.144 e. The molecule has 0 unspecified atom stereocenters. The minimum atomic E-state index is 0.553. The van der Waals surface area contributed by atoms with Crippen LogP contribution in [0.4, 0.5) is 5.82 Å². The lowest BCUT2D eigenvalue weighted by Crippen LogP contribution is -2.03. The molecular formula is C19H15N3. The number of benzene rings is 2. The molecule has 0 aliphatic carbocycles. The Morgan fingerprint density at radius 1 is 0.909 bits per heavy atom. The maximum atomic E-state index is 9.36. The molecule has 3 rings (SSSR count). The van der Waals surface area contributed by atoms with E-state index < -0.39 is 0 Å². The molecule has 1 aromatic heterocycles. The third-order valence-electron chi connectivity index (χ3n) is 3.42. The van der Waals surface area contributed by atoms with Gasteiger partial charge < -0.3 is 5.32 Å². The number of aromatic nitrogens is 1. The van der Waals surface area contributed by atoms with Gasteiger partial charge in [-0.05, 0) is 17.2 Å². The molecule has 0 bridgehead atoms. The molecule has 0 radical (unpaired) electrons. The SMILES string of the molecule is N#Cc1cc(-c2ccccc2)cnc1NCc1ccccc1. The van der Waals surface area contributed by atoms with Gasteiger partial charge in [0.25, 0.3) is 0 Å². The first kappa shape index (κ1) is 13.8. The van der Waals surface area contributed by atoms with Crippen molar-refractivity contribution in [3.63, 3.8) is 0 Å². The maximum Gasteiger partial charge on any atom is 0.144 e. The largest absolute Gasteiger partial charge is 0.365 e. The van der Waals surface area contributed by atoms with Crippen LogP contribution in [-0.4, -0.2) is 4.98 Å². The van der Waals surface area contributed by atoms with E-state index in [1.54, 1.807) is 6.20 Å². The number of pyridine rings is 1. The summed E-state index contributed by atoms with van der Waals surface area (Å²) in [7, 11) is 0. The molecule has 106 valence electrons. The van der Waals surface area contributed by atoms with Gasteiger partial charge in [0.2, 0.25) is 0 Å². The van der Waals surface area contributed by atoms with Crippen molar-refractivity contribution in [2.45, 2.75) is 6.54 Å². The fraction of sp³-hybridized carbons (Fsp3) is 0.0526. The highest BCUT2D eigenvalue weighted by molar-refractivity contribution is 5.67. The van der Waals surface area contributed by atoms with Gasteiger partial charge in [-0.1, -0.05) is 60.7 Å². The van der Waals surface area contributed by atoms with Crippen LogP contribution in [0, 0.1) is 11.3 Å². The zero-order valence-electron chi connectivity index (χ0n) is 12.0. The van der Waals surface area contributed by atoms with Crippen LogP contribution < -0.4 is 5.32 Å². The Morgan fingerprint density at radius 3 is 2.27 bits per heavy atom. The molecule has 3 aromatic rings. The van der Waals surface area contributed by atoms with E-state index in [-0.39, 0.29) is 0 Å². The van der Waals surface area contributed by atoms with E-state index in [0.717, 1.165) is 16.7 Å². The van der Waals surface area contributed by atoms with Gasteiger partial charge in [0.15, 0.2) is 0 Å². The summed E-state index contributed by atoms with van der Waals surface area (Å²) in [4.78, 5) is 4.41. The van der Waals surface area contributed by atoms with Crippen LogP contribution in [0.1, 0.15) is 11.1 Å². The monoisotopic (exact) mass is 285 g/mol. The summed E-state index contributed by atoms with van der Waals surface area (Å²) in [5.74, 6) is 0.617. The van der Waals surface area contributed by atoms with Crippen molar-refractivity contribution < 1.29 is 0 Å². The Hall–Kier alpha value is -3.12. The van der Waals surface area contributed by atoms with Gasteiger partial charge in [0, 0.05) is 18.3 Å². The molecule has 0 saturated heterocycles. The van der Waals surface area contributed by atoms with Gasteiger partial charge >= 0.3 is 0 Å². The van der Waals surface area contributed by atoms with E-state index in [1.807, 2.05) is 66.7 Å². The van der Waals surface area contributed by atoms with Crippen LogP contribution in [0.3, 0.4) is 0 Å². The predicted molar refractivity (Wildman–Crippen MR) is 88.2 cm³/mol. The van der Waals surface area contributed by atoms with Crippen LogP contribution in [0.2, 0.25) is 0 Å². The second-order valence-corrected chi connectivity index (χ2v) is 4.94. The van der Waals surface area contributed by atoms with Crippen molar-refractivity contribution in [3.05, 3.63) is 84.1 Å². The average molecular weight is 285 g/mol. The molecular weight excluding hydrogens is 270 g/mol.